The summed E-state index contributed by atoms with van der Waals surface area (Å²) >= 11 is 5.27. The Hall–Kier alpha value is -0.770. The minimum Gasteiger partial charge on any atom is -0.480 e. The van der Waals surface area contributed by atoms with Gasteiger partial charge in [-0.05, 0) is 13.3 Å². The van der Waals surface area contributed by atoms with E-state index in [1.807, 2.05) is 0 Å². The molecular weight excluding hydrogens is 314 g/mol. The van der Waals surface area contributed by atoms with Gasteiger partial charge in [0.1, 0.15) is 6.04 Å². The second kappa shape index (κ2) is 8.62. The SMILES string of the molecule is C[C@@H](O)[C@@H](C(=O)S)[C@H]1C[C@H](SCCN=CN)C(C(=O)O)N1. The molecule has 1 rings (SSSR count). The average molecular weight is 335 g/mol. The van der Waals surface area contributed by atoms with Crippen molar-refractivity contribution in [2.24, 2.45) is 16.6 Å². The number of rotatable bonds is 8. The van der Waals surface area contributed by atoms with Crippen molar-refractivity contribution in [3.8, 4) is 0 Å². The van der Waals surface area contributed by atoms with Gasteiger partial charge in [0.05, 0.1) is 18.4 Å². The molecule has 1 saturated heterocycles. The molecule has 5 atom stereocenters. The van der Waals surface area contributed by atoms with Crippen molar-refractivity contribution >= 4 is 41.8 Å². The van der Waals surface area contributed by atoms with E-state index in [2.05, 4.69) is 22.9 Å². The summed E-state index contributed by atoms with van der Waals surface area (Å²) in [5.74, 6) is -1.04. The van der Waals surface area contributed by atoms with Gasteiger partial charge in [-0.15, -0.1) is 12.6 Å². The minimum absolute atomic E-state index is 0.186. The van der Waals surface area contributed by atoms with Gasteiger partial charge in [0.25, 0.3) is 0 Å². The molecule has 0 spiro atoms. The maximum Gasteiger partial charge on any atom is 0.321 e. The van der Waals surface area contributed by atoms with Gasteiger partial charge in [-0.2, -0.15) is 11.8 Å². The number of carbonyl (C=O) groups is 2. The molecule has 7 nitrogen and oxygen atoms in total. The number of nitrogens with one attached hydrogen (secondary N) is 1. The van der Waals surface area contributed by atoms with E-state index in [4.69, 9.17) is 5.73 Å². The smallest absolute Gasteiger partial charge is 0.321 e. The third-order valence-electron chi connectivity index (χ3n) is 3.41. The van der Waals surface area contributed by atoms with Crippen molar-refractivity contribution in [3.63, 3.8) is 0 Å². The van der Waals surface area contributed by atoms with Gasteiger partial charge in [0.15, 0.2) is 5.12 Å². The van der Waals surface area contributed by atoms with E-state index in [1.54, 1.807) is 0 Å². The molecule has 9 heteroatoms. The highest BCUT2D eigenvalue weighted by Gasteiger charge is 2.44. The van der Waals surface area contributed by atoms with E-state index < -0.39 is 35.2 Å². The summed E-state index contributed by atoms with van der Waals surface area (Å²) in [4.78, 5) is 26.7. The number of carboxylic acids is 1. The van der Waals surface area contributed by atoms with Gasteiger partial charge in [-0.1, -0.05) is 0 Å². The van der Waals surface area contributed by atoms with E-state index >= 15 is 0 Å². The van der Waals surface area contributed by atoms with Crippen LogP contribution < -0.4 is 11.1 Å². The van der Waals surface area contributed by atoms with Crippen LogP contribution in [0.1, 0.15) is 13.3 Å². The van der Waals surface area contributed by atoms with Crippen LogP contribution in [0.3, 0.4) is 0 Å². The number of carbonyl (C=O) groups excluding carboxylic acids is 1. The van der Waals surface area contributed by atoms with Gasteiger partial charge in [-0.3, -0.25) is 19.9 Å². The number of aliphatic carboxylic acids is 1. The maximum atomic E-state index is 11.5. The van der Waals surface area contributed by atoms with Crippen molar-refractivity contribution in [1.82, 2.24) is 5.32 Å². The number of carboxylic acid groups (broad SMARTS) is 1. The standard InChI is InChI=1S/C12H21N3O4S2/c1-6(16)9(12(19)20)7-4-8(10(15-7)11(17)18)21-3-2-14-5-13/h5-10,15-16H,2-4H2,1H3,(H2,13,14)(H,17,18)(H,19,20)/t6-,7-,8+,9-,10?/m1/s1. The van der Waals surface area contributed by atoms with Gasteiger partial charge in [0, 0.05) is 23.6 Å². The summed E-state index contributed by atoms with van der Waals surface area (Å²) in [6.45, 7) is 2.02. The Bertz CT molecular complexity index is 406. The molecule has 0 amide bonds. The van der Waals surface area contributed by atoms with Gasteiger partial charge < -0.3 is 15.9 Å². The molecule has 0 aromatic carbocycles. The van der Waals surface area contributed by atoms with Crippen LogP contribution in [0.4, 0.5) is 0 Å². The Labute approximate surface area is 133 Å². The van der Waals surface area contributed by atoms with Crippen LogP contribution in [-0.2, 0) is 9.59 Å². The topological polar surface area (TPSA) is 125 Å². The molecule has 120 valence electrons. The number of nitrogens with zero attached hydrogens (tertiary/aromatic N) is 1. The molecule has 0 aromatic heterocycles. The minimum atomic E-state index is -0.965. The molecule has 0 aliphatic carbocycles. The number of aliphatic hydroxyl groups is 1. The largest absolute Gasteiger partial charge is 0.480 e. The predicted molar refractivity (Wildman–Crippen MR) is 85.9 cm³/mol. The Balaban J connectivity index is 2.71. The van der Waals surface area contributed by atoms with Crippen LogP contribution in [0.2, 0.25) is 0 Å². The molecule has 0 bridgehead atoms. The van der Waals surface area contributed by atoms with Crippen LogP contribution >= 0.6 is 24.4 Å². The lowest BCUT2D eigenvalue weighted by atomic mass is 9.94. The van der Waals surface area contributed by atoms with Crippen LogP contribution in [0, 0.1) is 5.92 Å². The second-order valence-corrected chi connectivity index (χ2v) is 6.68. The first-order valence-corrected chi connectivity index (χ1v) is 8.09. The fraction of sp³-hybridized carbons (Fsp3) is 0.750. The lowest BCUT2D eigenvalue weighted by Crippen LogP contribution is -2.45. The second-order valence-electron chi connectivity index (χ2n) is 4.89. The number of aliphatic imine (C=N–C) groups is 1. The summed E-state index contributed by atoms with van der Waals surface area (Å²) in [5.41, 5.74) is 5.15. The summed E-state index contributed by atoms with van der Waals surface area (Å²) < 4.78 is 0. The number of aliphatic hydroxyl groups excluding tert-OH is 1. The zero-order valence-corrected chi connectivity index (χ0v) is 13.4. The Kier molecular flexibility index (Phi) is 7.50. The monoisotopic (exact) mass is 335 g/mol. The lowest BCUT2D eigenvalue weighted by Gasteiger charge is -2.23. The average Bonchev–Trinajstić information content (AvgIpc) is 2.77. The number of nitrogens with two attached hydrogens (primary N) is 1. The van der Waals surface area contributed by atoms with Crippen LogP contribution in [0.5, 0.6) is 0 Å². The Morgan fingerprint density at radius 2 is 2.29 bits per heavy atom. The quantitative estimate of drug-likeness (QED) is 0.173. The van der Waals surface area contributed by atoms with E-state index in [-0.39, 0.29) is 5.25 Å². The first-order valence-electron chi connectivity index (χ1n) is 6.59. The number of hydrogen-bond acceptors (Lipinski definition) is 6. The number of thiol groups is 1. The molecule has 1 fully saturated rings. The Morgan fingerprint density at radius 1 is 1.62 bits per heavy atom. The predicted octanol–water partition coefficient (Wildman–Crippen LogP) is -0.656. The molecule has 1 heterocycles. The highest BCUT2D eigenvalue weighted by atomic mass is 32.2. The highest BCUT2D eigenvalue weighted by molar-refractivity contribution is 8.00. The zero-order chi connectivity index (χ0) is 16.0. The van der Waals surface area contributed by atoms with Crippen LogP contribution in [0.15, 0.2) is 4.99 Å². The first-order chi connectivity index (χ1) is 9.88. The molecule has 0 aromatic rings. The molecule has 1 unspecified atom stereocenters. The summed E-state index contributed by atoms with van der Waals surface area (Å²) in [6, 6.07) is -1.15. The third kappa shape index (κ3) is 5.17. The van der Waals surface area contributed by atoms with Crippen LogP contribution in [-0.4, -0.2) is 63.4 Å². The summed E-state index contributed by atoms with van der Waals surface area (Å²) in [6.07, 6.45) is 0.816. The lowest BCUT2D eigenvalue weighted by molar-refractivity contribution is -0.139. The van der Waals surface area contributed by atoms with Gasteiger partial charge in [-0.25, -0.2) is 0 Å². The van der Waals surface area contributed by atoms with Crippen molar-refractivity contribution in [1.29, 1.82) is 0 Å². The number of thioether (sulfide) groups is 1. The molecule has 0 radical (unpaired) electrons. The van der Waals surface area contributed by atoms with Gasteiger partial charge in [0.2, 0.25) is 0 Å². The molecule has 5 N–H and O–H groups in total. The van der Waals surface area contributed by atoms with Gasteiger partial charge >= 0.3 is 5.97 Å². The molecule has 21 heavy (non-hydrogen) atoms. The maximum absolute atomic E-state index is 11.5. The van der Waals surface area contributed by atoms with E-state index in [0.717, 1.165) is 0 Å². The van der Waals surface area contributed by atoms with Crippen molar-refractivity contribution in [2.75, 3.05) is 12.3 Å². The molecule has 0 saturated carbocycles. The summed E-state index contributed by atoms with van der Waals surface area (Å²) in [5, 5.41) is 21.3. The molecule has 1 aliphatic heterocycles. The third-order valence-corrected chi connectivity index (χ3v) is 5.02. The highest BCUT2D eigenvalue weighted by Crippen LogP contribution is 2.31. The first kappa shape index (κ1) is 18.3. The summed E-state index contributed by atoms with van der Waals surface area (Å²) in [7, 11) is 0. The normalized spacial score (nSPS) is 28.6. The fourth-order valence-corrected chi connectivity index (χ4v) is 4.12. The fourth-order valence-electron chi connectivity index (χ4n) is 2.48. The zero-order valence-electron chi connectivity index (χ0n) is 11.7. The van der Waals surface area contributed by atoms with Crippen molar-refractivity contribution in [2.45, 2.75) is 36.8 Å². The van der Waals surface area contributed by atoms with Crippen LogP contribution in [0.25, 0.3) is 0 Å². The van der Waals surface area contributed by atoms with E-state index in [0.29, 0.717) is 18.7 Å². The molecular formula is C12H21N3O4S2. The molecule has 1 aliphatic rings. The number of hydrogen-bond donors (Lipinski definition) is 5. The van der Waals surface area contributed by atoms with Crippen molar-refractivity contribution < 1.29 is 19.8 Å². The Morgan fingerprint density at radius 3 is 2.76 bits per heavy atom. The van der Waals surface area contributed by atoms with E-state index in [9.17, 15) is 19.8 Å². The van der Waals surface area contributed by atoms with E-state index in [1.165, 1.54) is 25.0 Å². The van der Waals surface area contributed by atoms with Crippen molar-refractivity contribution in [3.05, 3.63) is 0 Å².